The van der Waals surface area contributed by atoms with Crippen LogP contribution in [0.3, 0.4) is 0 Å². The lowest BCUT2D eigenvalue weighted by molar-refractivity contribution is -0.0138. The Hall–Kier alpha value is -0.930. The van der Waals surface area contributed by atoms with Crippen LogP contribution in [0.25, 0.3) is 0 Å². The van der Waals surface area contributed by atoms with Gasteiger partial charge in [0.05, 0.1) is 5.60 Å². The van der Waals surface area contributed by atoms with Crippen molar-refractivity contribution in [3.63, 3.8) is 0 Å². The molecule has 0 heterocycles. The van der Waals surface area contributed by atoms with Gasteiger partial charge in [-0.3, -0.25) is 0 Å². The fraction of sp³-hybridized carbons (Fsp3) is 0.647. The summed E-state index contributed by atoms with van der Waals surface area (Å²) < 4.78 is 13.0. The highest BCUT2D eigenvalue weighted by Gasteiger charge is 2.32. The molecule has 0 amide bonds. The summed E-state index contributed by atoms with van der Waals surface area (Å²) in [5.41, 5.74) is 0.506. The van der Waals surface area contributed by atoms with E-state index in [1.807, 2.05) is 12.1 Å². The first-order valence-electron chi connectivity index (χ1n) is 7.73. The molecule has 2 nitrogen and oxygen atoms in total. The van der Waals surface area contributed by atoms with E-state index in [1.54, 1.807) is 0 Å². The molecule has 1 aliphatic rings. The summed E-state index contributed by atoms with van der Waals surface area (Å²) in [6, 6.07) is 6.82. The molecule has 3 heteroatoms. The minimum atomic E-state index is -0.578. The highest BCUT2D eigenvalue weighted by Crippen LogP contribution is 2.32. The summed E-state index contributed by atoms with van der Waals surface area (Å²) in [4.78, 5) is 0. The number of aliphatic hydroxyl groups is 1. The Morgan fingerprint density at radius 1 is 1.40 bits per heavy atom. The van der Waals surface area contributed by atoms with Gasteiger partial charge in [0.1, 0.15) is 5.82 Å². The Morgan fingerprint density at radius 3 is 2.70 bits per heavy atom. The van der Waals surface area contributed by atoms with Crippen LogP contribution in [-0.4, -0.2) is 17.3 Å². The molecule has 1 aromatic carbocycles. The fourth-order valence-electron chi connectivity index (χ4n) is 3.30. The summed E-state index contributed by atoms with van der Waals surface area (Å²) in [6.07, 6.45) is 5.01. The zero-order valence-corrected chi connectivity index (χ0v) is 12.5. The van der Waals surface area contributed by atoms with Crippen molar-refractivity contribution in [2.45, 2.75) is 57.6 Å². The molecule has 1 fully saturated rings. The third-order valence-electron chi connectivity index (χ3n) is 4.43. The van der Waals surface area contributed by atoms with Crippen molar-refractivity contribution in [1.82, 2.24) is 5.32 Å². The van der Waals surface area contributed by atoms with Crippen molar-refractivity contribution < 1.29 is 9.50 Å². The lowest BCUT2D eigenvalue weighted by Crippen LogP contribution is -2.45. The molecule has 2 rings (SSSR count). The van der Waals surface area contributed by atoms with E-state index in [4.69, 9.17) is 0 Å². The molecule has 0 bridgehead atoms. The van der Waals surface area contributed by atoms with E-state index in [9.17, 15) is 9.50 Å². The molecule has 0 radical (unpaired) electrons. The predicted octanol–water partition coefficient (Wildman–Crippen LogP) is 3.81. The fourth-order valence-corrected chi connectivity index (χ4v) is 3.30. The Labute approximate surface area is 121 Å². The normalized spacial score (nSPS) is 28.3. The maximum Gasteiger partial charge on any atom is 0.123 e. The lowest BCUT2D eigenvalue weighted by atomic mass is 9.79. The van der Waals surface area contributed by atoms with E-state index in [-0.39, 0.29) is 11.9 Å². The number of rotatable bonds is 5. The molecular weight excluding hydrogens is 253 g/mol. The van der Waals surface area contributed by atoms with Crippen LogP contribution < -0.4 is 5.32 Å². The van der Waals surface area contributed by atoms with Crippen molar-refractivity contribution in [3.8, 4) is 0 Å². The summed E-state index contributed by atoms with van der Waals surface area (Å²) >= 11 is 0. The molecular formula is C17H26FNO. The molecule has 1 aliphatic carbocycles. The minimum Gasteiger partial charge on any atom is -0.389 e. The maximum absolute atomic E-state index is 13.0. The minimum absolute atomic E-state index is 0.178. The average molecular weight is 279 g/mol. The van der Waals surface area contributed by atoms with Crippen LogP contribution in [0, 0.1) is 11.7 Å². The largest absolute Gasteiger partial charge is 0.389 e. The van der Waals surface area contributed by atoms with Gasteiger partial charge in [-0.15, -0.1) is 0 Å². The summed E-state index contributed by atoms with van der Waals surface area (Å²) in [5.74, 6) is 0.393. The van der Waals surface area contributed by atoms with Gasteiger partial charge < -0.3 is 10.4 Å². The molecule has 0 aliphatic heterocycles. The van der Waals surface area contributed by atoms with Crippen LogP contribution in [0.4, 0.5) is 4.39 Å². The van der Waals surface area contributed by atoms with Crippen LogP contribution in [0.2, 0.25) is 0 Å². The van der Waals surface area contributed by atoms with E-state index in [0.717, 1.165) is 31.2 Å². The van der Waals surface area contributed by atoms with Crippen molar-refractivity contribution in [2.24, 2.45) is 5.92 Å². The number of hydrogen-bond donors (Lipinski definition) is 2. The standard InChI is InChI=1S/C17H26FNO/c1-3-16(14-6-8-15(18)9-7-14)19-12-17(20)10-4-5-13(2)11-17/h6-9,13,16,19-20H,3-5,10-12H2,1-2H3. The first-order chi connectivity index (χ1) is 9.52. The molecule has 3 atom stereocenters. The van der Waals surface area contributed by atoms with Gasteiger partial charge >= 0.3 is 0 Å². The van der Waals surface area contributed by atoms with E-state index in [2.05, 4.69) is 19.2 Å². The Balaban J connectivity index is 1.95. The zero-order chi connectivity index (χ0) is 14.6. The molecule has 0 spiro atoms. The number of benzene rings is 1. The molecule has 2 N–H and O–H groups in total. The van der Waals surface area contributed by atoms with Gasteiger partial charge in [-0.2, -0.15) is 0 Å². The average Bonchev–Trinajstić information content (AvgIpc) is 2.41. The quantitative estimate of drug-likeness (QED) is 0.859. The summed E-state index contributed by atoms with van der Waals surface area (Å²) in [5, 5.41) is 14.1. The highest BCUT2D eigenvalue weighted by molar-refractivity contribution is 5.19. The van der Waals surface area contributed by atoms with Crippen LogP contribution in [0.1, 0.15) is 57.6 Å². The summed E-state index contributed by atoms with van der Waals surface area (Å²) in [6.45, 7) is 4.93. The van der Waals surface area contributed by atoms with Gasteiger partial charge in [-0.25, -0.2) is 4.39 Å². The number of halogens is 1. The first kappa shape index (κ1) is 15.5. The van der Waals surface area contributed by atoms with Crippen LogP contribution in [-0.2, 0) is 0 Å². The third kappa shape index (κ3) is 4.03. The van der Waals surface area contributed by atoms with E-state index >= 15 is 0 Å². The van der Waals surface area contributed by atoms with Crippen molar-refractivity contribution in [2.75, 3.05) is 6.54 Å². The molecule has 0 aromatic heterocycles. The zero-order valence-electron chi connectivity index (χ0n) is 12.5. The van der Waals surface area contributed by atoms with Crippen LogP contribution in [0.5, 0.6) is 0 Å². The molecule has 112 valence electrons. The topological polar surface area (TPSA) is 32.3 Å². The van der Waals surface area contributed by atoms with Crippen molar-refractivity contribution >= 4 is 0 Å². The molecule has 1 aromatic rings. The number of nitrogens with one attached hydrogen (secondary N) is 1. The second-order valence-corrected chi connectivity index (χ2v) is 6.32. The smallest absolute Gasteiger partial charge is 0.123 e. The SMILES string of the molecule is CCC(NCC1(O)CCCC(C)C1)c1ccc(F)cc1. The highest BCUT2D eigenvalue weighted by atomic mass is 19.1. The first-order valence-corrected chi connectivity index (χ1v) is 7.73. The van der Waals surface area contributed by atoms with Gasteiger partial charge in [0, 0.05) is 12.6 Å². The second-order valence-electron chi connectivity index (χ2n) is 6.32. The Morgan fingerprint density at radius 2 is 2.10 bits per heavy atom. The van der Waals surface area contributed by atoms with Crippen LogP contribution in [0.15, 0.2) is 24.3 Å². The molecule has 1 saturated carbocycles. The Bertz CT molecular complexity index is 420. The van der Waals surface area contributed by atoms with E-state index < -0.39 is 5.60 Å². The van der Waals surface area contributed by atoms with Crippen LogP contribution >= 0.6 is 0 Å². The Kier molecular flexibility index (Phi) is 5.17. The number of hydrogen-bond acceptors (Lipinski definition) is 2. The van der Waals surface area contributed by atoms with Gasteiger partial charge in [0.15, 0.2) is 0 Å². The van der Waals surface area contributed by atoms with Gasteiger partial charge in [0.25, 0.3) is 0 Å². The molecule has 20 heavy (non-hydrogen) atoms. The van der Waals surface area contributed by atoms with Crippen molar-refractivity contribution in [3.05, 3.63) is 35.6 Å². The summed E-state index contributed by atoms with van der Waals surface area (Å²) in [7, 11) is 0. The molecule has 3 unspecified atom stereocenters. The van der Waals surface area contributed by atoms with Gasteiger partial charge in [-0.05, 0) is 42.9 Å². The third-order valence-corrected chi connectivity index (χ3v) is 4.43. The lowest BCUT2D eigenvalue weighted by Gasteiger charge is -2.37. The maximum atomic E-state index is 13.0. The van der Waals surface area contributed by atoms with Gasteiger partial charge in [-0.1, -0.05) is 38.8 Å². The van der Waals surface area contributed by atoms with Gasteiger partial charge in [0.2, 0.25) is 0 Å². The monoisotopic (exact) mass is 279 g/mol. The van der Waals surface area contributed by atoms with Crippen molar-refractivity contribution in [1.29, 1.82) is 0 Å². The van der Waals surface area contributed by atoms with E-state index in [1.165, 1.54) is 18.6 Å². The predicted molar refractivity (Wildman–Crippen MR) is 80.0 cm³/mol. The van der Waals surface area contributed by atoms with E-state index in [0.29, 0.717) is 12.5 Å². The molecule has 0 saturated heterocycles. The second kappa shape index (κ2) is 6.68.